The Hall–Kier alpha value is -1.54. The lowest BCUT2D eigenvalue weighted by molar-refractivity contribution is 0.457. The summed E-state index contributed by atoms with van der Waals surface area (Å²) in [5.41, 5.74) is 0. The fraction of sp³-hybridized carbons (Fsp3) is 0.300. The fourth-order valence-electron chi connectivity index (χ4n) is 1.45. The SMILES string of the molecule is CC(C)N(S(=O)(=O)N=C=O)S(=O)(=O)c1ccccc1. The molecule has 0 fully saturated rings. The number of hydrogen-bond acceptors (Lipinski definition) is 5. The summed E-state index contributed by atoms with van der Waals surface area (Å²) in [4.78, 5) is 9.92. The van der Waals surface area contributed by atoms with Gasteiger partial charge in [-0.2, -0.15) is 8.42 Å². The minimum absolute atomic E-state index is 0.181. The molecule has 0 spiro atoms. The van der Waals surface area contributed by atoms with Gasteiger partial charge in [-0.25, -0.2) is 13.2 Å². The van der Waals surface area contributed by atoms with Crippen LogP contribution in [0, 0.1) is 0 Å². The topological polar surface area (TPSA) is 101 Å². The Labute approximate surface area is 111 Å². The van der Waals surface area contributed by atoms with E-state index < -0.39 is 26.3 Å². The van der Waals surface area contributed by atoms with E-state index in [2.05, 4.69) is 4.40 Å². The van der Waals surface area contributed by atoms with Crippen LogP contribution < -0.4 is 0 Å². The summed E-state index contributed by atoms with van der Waals surface area (Å²) in [5, 5.41) is 0. The largest absolute Gasteiger partial charge is 0.346 e. The van der Waals surface area contributed by atoms with Crippen LogP contribution in [0.25, 0.3) is 0 Å². The van der Waals surface area contributed by atoms with Crippen molar-refractivity contribution in [2.45, 2.75) is 24.8 Å². The number of rotatable bonds is 5. The number of hydrogen-bond donors (Lipinski definition) is 0. The molecular weight excluding hydrogens is 292 g/mol. The van der Waals surface area contributed by atoms with Gasteiger partial charge in [-0.05, 0) is 26.0 Å². The van der Waals surface area contributed by atoms with E-state index in [1.165, 1.54) is 38.1 Å². The van der Waals surface area contributed by atoms with E-state index in [0.717, 1.165) is 6.08 Å². The first kappa shape index (κ1) is 15.5. The molecule has 0 aliphatic rings. The van der Waals surface area contributed by atoms with E-state index in [4.69, 9.17) is 0 Å². The third kappa shape index (κ3) is 3.27. The van der Waals surface area contributed by atoms with E-state index >= 15 is 0 Å². The highest BCUT2D eigenvalue weighted by Gasteiger charge is 2.37. The van der Waals surface area contributed by atoms with E-state index in [1.807, 2.05) is 0 Å². The molecule has 7 nitrogen and oxygen atoms in total. The number of sulfonamides is 1. The zero-order valence-corrected chi connectivity index (χ0v) is 11.8. The minimum Gasteiger partial charge on any atom is -0.210 e. The molecule has 19 heavy (non-hydrogen) atoms. The number of isocyanates is 1. The van der Waals surface area contributed by atoms with Gasteiger partial charge in [0.15, 0.2) is 0 Å². The monoisotopic (exact) mass is 304 g/mol. The fourth-order valence-corrected chi connectivity index (χ4v) is 4.77. The second-order valence-corrected chi connectivity index (χ2v) is 7.32. The number of nitrogens with zero attached hydrogens (tertiary/aromatic N) is 2. The van der Waals surface area contributed by atoms with Crippen LogP contribution in [0.1, 0.15) is 13.8 Å². The van der Waals surface area contributed by atoms with E-state index in [-0.39, 0.29) is 8.61 Å². The minimum atomic E-state index is -4.63. The summed E-state index contributed by atoms with van der Waals surface area (Å²) in [6.45, 7) is 2.72. The molecule has 0 atom stereocenters. The first-order chi connectivity index (χ1) is 8.73. The molecule has 1 rings (SSSR count). The van der Waals surface area contributed by atoms with Gasteiger partial charge < -0.3 is 0 Å². The van der Waals surface area contributed by atoms with Crippen molar-refractivity contribution in [3.8, 4) is 0 Å². The zero-order chi connectivity index (χ0) is 14.7. The van der Waals surface area contributed by atoms with Crippen LogP contribution in [0.15, 0.2) is 39.6 Å². The van der Waals surface area contributed by atoms with Crippen LogP contribution in [0.3, 0.4) is 0 Å². The third-order valence-corrected chi connectivity index (χ3v) is 6.18. The third-order valence-electron chi connectivity index (χ3n) is 2.08. The molecule has 0 bridgehead atoms. The molecule has 0 aromatic heterocycles. The Morgan fingerprint density at radius 2 is 1.63 bits per heavy atom. The van der Waals surface area contributed by atoms with Crippen LogP contribution in [0.4, 0.5) is 0 Å². The van der Waals surface area contributed by atoms with E-state index in [1.54, 1.807) is 6.07 Å². The van der Waals surface area contributed by atoms with Crippen molar-refractivity contribution in [1.82, 2.24) is 3.71 Å². The van der Waals surface area contributed by atoms with Gasteiger partial charge in [0.2, 0.25) is 0 Å². The molecule has 0 heterocycles. The van der Waals surface area contributed by atoms with Gasteiger partial charge in [-0.1, -0.05) is 26.3 Å². The lowest BCUT2D eigenvalue weighted by Gasteiger charge is -2.22. The normalized spacial score (nSPS) is 12.4. The molecule has 0 saturated carbocycles. The van der Waals surface area contributed by atoms with Gasteiger partial charge in [0.05, 0.1) is 4.90 Å². The highest BCUT2D eigenvalue weighted by molar-refractivity contribution is 8.03. The lowest BCUT2D eigenvalue weighted by atomic mass is 10.4. The molecule has 0 amide bonds. The van der Waals surface area contributed by atoms with Gasteiger partial charge in [-0.15, -0.1) is 0 Å². The van der Waals surface area contributed by atoms with E-state index in [0.29, 0.717) is 0 Å². The molecule has 0 radical (unpaired) electrons. The Balaban J connectivity index is 3.49. The molecule has 0 aliphatic carbocycles. The van der Waals surface area contributed by atoms with Gasteiger partial charge in [0.1, 0.15) is 0 Å². The average Bonchev–Trinajstić information content (AvgIpc) is 2.28. The van der Waals surface area contributed by atoms with Crippen molar-refractivity contribution in [3.05, 3.63) is 30.3 Å². The molecular formula is C10H12N2O5S2. The maximum atomic E-state index is 12.3. The number of benzene rings is 1. The van der Waals surface area contributed by atoms with Crippen LogP contribution in [-0.2, 0) is 25.0 Å². The highest BCUT2D eigenvalue weighted by Crippen LogP contribution is 2.22. The Morgan fingerprint density at radius 3 is 2.05 bits per heavy atom. The molecule has 0 aliphatic heterocycles. The summed E-state index contributed by atoms with van der Waals surface area (Å²) in [7, 11) is -8.94. The van der Waals surface area contributed by atoms with Crippen LogP contribution in [0.5, 0.6) is 0 Å². The van der Waals surface area contributed by atoms with Crippen molar-refractivity contribution < 1.29 is 21.6 Å². The van der Waals surface area contributed by atoms with Crippen LogP contribution in [-0.4, -0.2) is 32.7 Å². The van der Waals surface area contributed by atoms with Crippen LogP contribution in [0.2, 0.25) is 0 Å². The molecule has 0 saturated heterocycles. The molecule has 104 valence electrons. The predicted octanol–water partition coefficient (Wildman–Crippen LogP) is 0.666. The summed E-state index contributed by atoms with van der Waals surface area (Å²) in [6.07, 6.45) is 0.848. The quantitative estimate of drug-likeness (QED) is 0.587. The summed E-state index contributed by atoms with van der Waals surface area (Å²) >= 11 is 0. The van der Waals surface area contributed by atoms with Gasteiger partial charge in [0.25, 0.3) is 16.1 Å². The highest BCUT2D eigenvalue weighted by atomic mass is 32.3. The van der Waals surface area contributed by atoms with Gasteiger partial charge in [-0.3, -0.25) is 0 Å². The van der Waals surface area contributed by atoms with Crippen LogP contribution >= 0.6 is 0 Å². The van der Waals surface area contributed by atoms with Crippen molar-refractivity contribution in [2.75, 3.05) is 0 Å². The Bertz CT molecular complexity index is 689. The maximum Gasteiger partial charge on any atom is 0.346 e. The second-order valence-electron chi connectivity index (χ2n) is 3.80. The second kappa shape index (κ2) is 5.62. The molecule has 1 aromatic rings. The maximum absolute atomic E-state index is 12.3. The van der Waals surface area contributed by atoms with Crippen molar-refractivity contribution in [3.63, 3.8) is 0 Å². The Kier molecular flexibility index (Phi) is 4.59. The van der Waals surface area contributed by atoms with Crippen molar-refractivity contribution in [2.24, 2.45) is 4.40 Å². The molecule has 9 heteroatoms. The number of carbonyl (C=O) groups excluding carboxylic acids is 1. The van der Waals surface area contributed by atoms with Crippen molar-refractivity contribution >= 4 is 26.3 Å². The summed E-state index contributed by atoms with van der Waals surface area (Å²) < 4.78 is 50.7. The summed E-state index contributed by atoms with van der Waals surface area (Å²) in [6, 6.07) is 6.10. The first-order valence-corrected chi connectivity index (χ1v) is 8.01. The summed E-state index contributed by atoms with van der Waals surface area (Å²) in [5.74, 6) is 0. The van der Waals surface area contributed by atoms with Gasteiger partial charge in [0, 0.05) is 6.04 Å². The average molecular weight is 304 g/mol. The van der Waals surface area contributed by atoms with Crippen molar-refractivity contribution in [1.29, 1.82) is 0 Å². The lowest BCUT2D eigenvalue weighted by Crippen LogP contribution is -2.40. The van der Waals surface area contributed by atoms with E-state index in [9.17, 15) is 21.6 Å². The first-order valence-electron chi connectivity index (χ1n) is 5.17. The molecule has 0 N–H and O–H groups in total. The zero-order valence-electron chi connectivity index (χ0n) is 10.2. The Morgan fingerprint density at radius 1 is 1.11 bits per heavy atom. The smallest absolute Gasteiger partial charge is 0.210 e. The van der Waals surface area contributed by atoms with Gasteiger partial charge >= 0.3 is 10.2 Å². The standard InChI is InChI=1S/C10H12N2O5S2/c1-9(2)12(19(16,17)11-8-13)18(14,15)10-6-4-3-5-7-10/h3-7,9H,1-2H3. The predicted molar refractivity (Wildman–Crippen MR) is 67.6 cm³/mol. The molecule has 1 aromatic carbocycles. The molecule has 0 unspecified atom stereocenters.